The van der Waals surface area contributed by atoms with Crippen molar-refractivity contribution in [1.29, 1.82) is 0 Å². The van der Waals surface area contributed by atoms with Gasteiger partial charge in [0, 0.05) is 26.1 Å². The SMILES string of the molecule is CN(C)S(=O)(=O)c1ccc(C(=NO[C@@H]2CCOC2)C(=O)Nc2ncc(F)s2)cc1. The molecular formula is C17H19FN4O5S2. The third kappa shape index (κ3) is 5.15. The molecule has 1 aromatic heterocycles. The smallest absolute Gasteiger partial charge is 0.280 e. The fourth-order valence-electron chi connectivity index (χ4n) is 2.41. The highest BCUT2D eigenvalue weighted by atomic mass is 32.2. The number of halogens is 1. The van der Waals surface area contributed by atoms with E-state index in [1.807, 2.05) is 0 Å². The van der Waals surface area contributed by atoms with Crippen LogP contribution in [0.15, 0.2) is 40.5 Å². The Bertz CT molecular complexity index is 999. The number of amides is 1. The number of rotatable bonds is 7. The van der Waals surface area contributed by atoms with Crippen molar-refractivity contribution in [2.24, 2.45) is 5.16 Å². The zero-order valence-electron chi connectivity index (χ0n) is 15.7. The second-order valence-corrected chi connectivity index (χ2v) is 9.40. The van der Waals surface area contributed by atoms with Crippen molar-refractivity contribution in [3.8, 4) is 0 Å². The zero-order chi connectivity index (χ0) is 21.0. The largest absolute Gasteiger partial charge is 0.389 e. The van der Waals surface area contributed by atoms with E-state index in [4.69, 9.17) is 9.57 Å². The lowest BCUT2D eigenvalue weighted by Gasteiger charge is -2.12. The minimum atomic E-state index is -3.62. The van der Waals surface area contributed by atoms with Gasteiger partial charge < -0.3 is 9.57 Å². The van der Waals surface area contributed by atoms with Crippen LogP contribution in [0.5, 0.6) is 0 Å². The van der Waals surface area contributed by atoms with Crippen LogP contribution >= 0.6 is 11.3 Å². The van der Waals surface area contributed by atoms with Crippen LogP contribution < -0.4 is 5.32 Å². The van der Waals surface area contributed by atoms with E-state index in [2.05, 4.69) is 15.5 Å². The van der Waals surface area contributed by atoms with E-state index in [-0.39, 0.29) is 21.8 Å². The highest BCUT2D eigenvalue weighted by Crippen LogP contribution is 2.19. The molecule has 0 unspecified atom stereocenters. The van der Waals surface area contributed by atoms with Crippen LogP contribution in [0, 0.1) is 5.13 Å². The standard InChI is InChI=1S/C17H19FN4O5S2/c1-22(2)29(24,25)13-5-3-11(4-6-13)15(21-27-12-7-8-26-10-12)16(23)20-17-19-9-14(18)28-17/h3-6,9,12H,7-8,10H2,1-2H3,(H,19,20,23)/t12-/m1/s1. The summed E-state index contributed by atoms with van der Waals surface area (Å²) in [5.41, 5.74) is 0.234. The summed E-state index contributed by atoms with van der Waals surface area (Å²) in [5.74, 6) is -0.665. The van der Waals surface area contributed by atoms with E-state index in [9.17, 15) is 17.6 Å². The van der Waals surface area contributed by atoms with Crippen molar-refractivity contribution < 1.29 is 27.2 Å². The molecule has 1 amide bonds. The quantitative estimate of drug-likeness (QED) is 0.516. The van der Waals surface area contributed by atoms with Crippen molar-refractivity contribution in [3.05, 3.63) is 41.2 Å². The highest BCUT2D eigenvalue weighted by Gasteiger charge is 2.22. The Morgan fingerprint density at radius 3 is 2.66 bits per heavy atom. The molecule has 0 radical (unpaired) electrons. The molecule has 2 heterocycles. The number of sulfonamides is 1. The second-order valence-electron chi connectivity index (χ2n) is 6.27. The molecule has 1 atom stereocenters. The van der Waals surface area contributed by atoms with Crippen molar-refractivity contribution in [1.82, 2.24) is 9.29 Å². The maximum absolute atomic E-state index is 13.2. The monoisotopic (exact) mass is 442 g/mol. The average Bonchev–Trinajstić information content (AvgIpc) is 3.34. The predicted molar refractivity (Wildman–Crippen MR) is 105 cm³/mol. The first-order valence-corrected chi connectivity index (χ1v) is 10.8. The van der Waals surface area contributed by atoms with Gasteiger partial charge in [-0.3, -0.25) is 10.1 Å². The number of hydrogen-bond acceptors (Lipinski definition) is 8. The molecule has 29 heavy (non-hydrogen) atoms. The molecule has 1 aliphatic rings. The molecule has 1 aliphatic heterocycles. The fraction of sp³-hybridized carbons (Fsp3) is 0.353. The van der Waals surface area contributed by atoms with Gasteiger partial charge in [-0.05, 0) is 12.1 Å². The molecule has 1 N–H and O–H groups in total. The van der Waals surface area contributed by atoms with Gasteiger partial charge in [0.05, 0.1) is 24.3 Å². The lowest BCUT2D eigenvalue weighted by Crippen LogP contribution is -2.26. The Morgan fingerprint density at radius 2 is 2.10 bits per heavy atom. The Kier molecular flexibility index (Phi) is 6.57. The molecular weight excluding hydrogens is 423 g/mol. The van der Waals surface area contributed by atoms with Gasteiger partial charge >= 0.3 is 0 Å². The first-order valence-electron chi connectivity index (χ1n) is 8.54. The molecule has 0 saturated carbocycles. The summed E-state index contributed by atoms with van der Waals surface area (Å²) >= 11 is 0.671. The van der Waals surface area contributed by atoms with Crippen LogP contribution in [-0.4, -0.2) is 62.7 Å². The van der Waals surface area contributed by atoms with Gasteiger partial charge in [-0.15, -0.1) is 0 Å². The lowest BCUT2D eigenvalue weighted by molar-refractivity contribution is -0.110. The number of nitrogens with one attached hydrogen (secondary N) is 1. The number of ether oxygens (including phenoxy) is 1. The molecule has 1 fully saturated rings. The Labute approximate surface area is 171 Å². The van der Waals surface area contributed by atoms with Crippen molar-refractivity contribution >= 4 is 38.1 Å². The molecule has 0 aliphatic carbocycles. The van der Waals surface area contributed by atoms with Crippen LogP contribution in [0.4, 0.5) is 9.52 Å². The van der Waals surface area contributed by atoms with E-state index in [0.717, 1.165) is 10.5 Å². The summed E-state index contributed by atoms with van der Waals surface area (Å²) in [4.78, 5) is 21.9. The van der Waals surface area contributed by atoms with Gasteiger partial charge in [-0.1, -0.05) is 28.6 Å². The van der Waals surface area contributed by atoms with E-state index in [0.29, 0.717) is 36.5 Å². The predicted octanol–water partition coefficient (Wildman–Crippen LogP) is 1.68. The molecule has 9 nitrogen and oxygen atoms in total. The van der Waals surface area contributed by atoms with E-state index in [1.165, 1.54) is 38.4 Å². The normalized spacial score (nSPS) is 17.5. The van der Waals surface area contributed by atoms with Crippen molar-refractivity contribution in [3.63, 3.8) is 0 Å². The number of benzene rings is 1. The van der Waals surface area contributed by atoms with Gasteiger partial charge in [0.15, 0.2) is 22.1 Å². The summed E-state index contributed by atoms with van der Waals surface area (Å²) in [6, 6.07) is 5.64. The fourth-order valence-corrected chi connectivity index (χ4v) is 3.85. The zero-order valence-corrected chi connectivity index (χ0v) is 17.3. The Morgan fingerprint density at radius 1 is 1.38 bits per heavy atom. The van der Waals surface area contributed by atoms with Crippen LogP contribution in [0.2, 0.25) is 0 Å². The summed E-state index contributed by atoms with van der Waals surface area (Å²) < 4.78 is 43.9. The van der Waals surface area contributed by atoms with Crippen LogP contribution in [0.3, 0.4) is 0 Å². The number of thiazole rings is 1. The first kappa shape index (κ1) is 21.3. The third-order valence-electron chi connectivity index (χ3n) is 4.00. The summed E-state index contributed by atoms with van der Waals surface area (Å²) in [7, 11) is -0.766. The topological polar surface area (TPSA) is 110 Å². The molecule has 3 rings (SSSR count). The maximum atomic E-state index is 13.2. The van der Waals surface area contributed by atoms with Crippen molar-refractivity contribution in [2.45, 2.75) is 17.4 Å². The molecule has 0 bridgehead atoms. The van der Waals surface area contributed by atoms with E-state index in [1.54, 1.807) is 0 Å². The van der Waals surface area contributed by atoms with Gasteiger partial charge in [0.1, 0.15) is 0 Å². The summed E-state index contributed by atoms with van der Waals surface area (Å²) in [6.45, 7) is 0.896. The molecule has 12 heteroatoms. The van der Waals surface area contributed by atoms with Gasteiger partial charge in [-0.2, -0.15) is 4.39 Å². The van der Waals surface area contributed by atoms with Gasteiger partial charge in [0.25, 0.3) is 5.91 Å². The Balaban J connectivity index is 1.87. The number of carbonyl (C=O) groups excluding carboxylic acids is 1. The maximum Gasteiger partial charge on any atom is 0.280 e. The third-order valence-corrected chi connectivity index (χ3v) is 6.53. The van der Waals surface area contributed by atoms with Crippen LogP contribution in [0.1, 0.15) is 12.0 Å². The van der Waals surface area contributed by atoms with E-state index < -0.39 is 21.1 Å². The first-order chi connectivity index (χ1) is 13.8. The Hall–Kier alpha value is -2.41. The van der Waals surface area contributed by atoms with Gasteiger partial charge in [0.2, 0.25) is 10.0 Å². The van der Waals surface area contributed by atoms with Crippen LogP contribution in [-0.2, 0) is 24.4 Å². The highest BCUT2D eigenvalue weighted by molar-refractivity contribution is 7.89. The second kappa shape index (κ2) is 8.95. The number of anilines is 1. The summed E-state index contributed by atoms with van der Waals surface area (Å²) in [5, 5.41) is 5.93. The number of carbonyl (C=O) groups is 1. The molecule has 156 valence electrons. The number of aromatic nitrogens is 1. The van der Waals surface area contributed by atoms with Crippen molar-refractivity contribution in [2.75, 3.05) is 32.6 Å². The number of nitrogens with zero attached hydrogens (tertiary/aromatic N) is 3. The molecule has 2 aromatic rings. The van der Waals surface area contributed by atoms with Crippen LogP contribution in [0.25, 0.3) is 0 Å². The van der Waals surface area contributed by atoms with E-state index >= 15 is 0 Å². The molecule has 0 spiro atoms. The number of oxime groups is 1. The average molecular weight is 442 g/mol. The summed E-state index contributed by atoms with van der Waals surface area (Å²) in [6.07, 6.45) is 1.34. The number of hydrogen-bond donors (Lipinski definition) is 1. The molecule has 1 aromatic carbocycles. The lowest BCUT2D eigenvalue weighted by atomic mass is 10.1. The minimum absolute atomic E-state index is 0.0659. The van der Waals surface area contributed by atoms with Gasteiger partial charge in [-0.25, -0.2) is 17.7 Å². The molecule has 1 saturated heterocycles. The minimum Gasteiger partial charge on any atom is -0.389 e.